The van der Waals surface area contributed by atoms with Gasteiger partial charge in [-0.25, -0.2) is 0 Å². The highest BCUT2D eigenvalue weighted by Gasteiger charge is 2.04. The lowest BCUT2D eigenvalue weighted by Crippen LogP contribution is -2.15. The van der Waals surface area contributed by atoms with Gasteiger partial charge in [-0.3, -0.25) is 9.59 Å². The van der Waals surface area contributed by atoms with Crippen molar-refractivity contribution in [1.82, 2.24) is 0 Å². The number of esters is 2. The van der Waals surface area contributed by atoms with Crippen molar-refractivity contribution in [1.29, 1.82) is 0 Å². The summed E-state index contributed by atoms with van der Waals surface area (Å²) in [6, 6.07) is 0. The average Bonchev–Trinajstić information content (AvgIpc) is 2.95. The van der Waals surface area contributed by atoms with Gasteiger partial charge in [0, 0.05) is 12.8 Å². The van der Waals surface area contributed by atoms with Crippen molar-refractivity contribution in [3.05, 3.63) is 0 Å². The van der Waals surface area contributed by atoms with Gasteiger partial charge in [-0.2, -0.15) is 0 Å². The van der Waals surface area contributed by atoms with E-state index in [4.69, 9.17) is 18.9 Å². The fraction of sp³-hybridized carbons (Fsp3) is 0.941. The molecule has 0 spiro atoms. The van der Waals surface area contributed by atoms with Crippen LogP contribution in [0.25, 0.3) is 0 Å². The van der Waals surface area contributed by atoms with Crippen molar-refractivity contribution < 1.29 is 28.5 Å². The molecule has 0 saturated heterocycles. The van der Waals surface area contributed by atoms with Crippen LogP contribution in [0.5, 0.6) is 0 Å². The Bertz CT molecular complexity index is 525. The van der Waals surface area contributed by atoms with E-state index in [0.717, 1.165) is 25.7 Å². The molecule has 0 aromatic rings. The molecule has 0 aliphatic carbocycles. The highest BCUT2D eigenvalue weighted by molar-refractivity contribution is 5.69. The first kappa shape index (κ1) is 38.9. The molecule has 0 aromatic heterocycles. The molecule has 238 valence electrons. The van der Waals surface area contributed by atoms with E-state index in [-0.39, 0.29) is 25.2 Å². The number of ether oxygens (including phenoxy) is 4. The summed E-state index contributed by atoms with van der Waals surface area (Å²) in [7, 11) is 0. The Morgan fingerprint density at radius 3 is 0.900 bits per heavy atom. The quantitative estimate of drug-likeness (QED) is 0.0578. The maximum Gasteiger partial charge on any atom is 0.305 e. The molecule has 0 unspecified atom stereocenters. The first-order valence-corrected chi connectivity index (χ1v) is 17.2. The third kappa shape index (κ3) is 33.1. The predicted molar refractivity (Wildman–Crippen MR) is 166 cm³/mol. The lowest BCUT2D eigenvalue weighted by Gasteiger charge is -2.08. The molecule has 0 amide bonds. The summed E-state index contributed by atoms with van der Waals surface area (Å²) in [5, 5.41) is 0. The summed E-state index contributed by atoms with van der Waals surface area (Å²) >= 11 is 0. The van der Waals surface area contributed by atoms with Crippen molar-refractivity contribution in [2.75, 3.05) is 39.6 Å². The number of rotatable bonds is 33. The van der Waals surface area contributed by atoms with Gasteiger partial charge in [-0.05, 0) is 12.8 Å². The SMILES string of the molecule is CCCCCCCCCCCCCCCC(=O)OCCOCCOCCOC(=O)CCCCCCCCCCC. The van der Waals surface area contributed by atoms with E-state index in [1.54, 1.807) is 0 Å². The minimum Gasteiger partial charge on any atom is -0.463 e. The molecule has 0 atom stereocenters. The van der Waals surface area contributed by atoms with Crippen LogP contribution < -0.4 is 0 Å². The van der Waals surface area contributed by atoms with E-state index in [0.29, 0.717) is 39.3 Å². The molecule has 0 saturated carbocycles. The molecule has 0 aromatic carbocycles. The van der Waals surface area contributed by atoms with Crippen LogP contribution in [0.1, 0.15) is 168 Å². The molecule has 0 radical (unpaired) electrons. The van der Waals surface area contributed by atoms with Gasteiger partial charge in [0.25, 0.3) is 0 Å². The van der Waals surface area contributed by atoms with Gasteiger partial charge in [0.2, 0.25) is 0 Å². The largest absolute Gasteiger partial charge is 0.463 e. The van der Waals surface area contributed by atoms with E-state index in [9.17, 15) is 9.59 Å². The monoisotopic (exact) mass is 570 g/mol. The second kappa shape index (κ2) is 34.1. The van der Waals surface area contributed by atoms with Gasteiger partial charge in [-0.1, -0.05) is 142 Å². The average molecular weight is 571 g/mol. The molecule has 0 N–H and O–H groups in total. The van der Waals surface area contributed by atoms with Gasteiger partial charge < -0.3 is 18.9 Å². The molecule has 6 nitrogen and oxygen atoms in total. The van der Waals surface area contributed by atoms with Crippen LogP contribution in [-0.2, 0) is 28.5 Å². The molecule has 0 bridgehead atoms. The minimum absolute atomic E-state index is 0.132. The van der Waals surface area contributed by atoms with E-state index < -0.39 is 0 Å². The number of hydrogen-bond donors (Lipinski definition) is 0. The highest BCUT2D eigenvalue weighted by Crippen LogP contribution is 2.13. The van der Waals surface area contributed by atoms with Crippen LogP contribution in [0.4, 0.5) is 0 Å². The topological polar surface area (TPSA) is 71.1 Å². The van der Waals surface area contributed by atoms with Crippen molar-refractivity contribution in [3.63, 3.8) is 0 Å². The molecule has 40 heavy (non-hydrogen) atoms. The van der Waals surface area contributed by atoms with Crippen LogP contribution in [0.15, 0.2) is 0 Å². The maximum absolute atomic E-state index is 11.8. The standard InChI is InChI=1S/C34H66O6/c1-3-5-7-9-11-13-14-15-16-18-20-22-24-26-34(36)40-32-30-38-28-27-37-29-31-39-33(35)25-23-21-19-17-12-10-8-6-4-2/h3-32H2,1-2H3. The molecule has 0 fully saturated rings. The third-order valence-corrected chi connectivity index (χ3v) is 7.32. The Hall–Kier alpha value is -1.14. The van der Waals surface area contributed by atoms with Crippen molar-refractivity contribution in [3.8, 4) is 0 Å². The zero-order valence-corrected chi connectivity index (χ0v) is 26.7. The molecular weight excluding hydrogens is 504 g/mol. The maximum atomic E-state index is 11.8. The Morgan fingerprint density at radius 1 is 0.350 bits per heavy atom. The summed E-state index contributed by atoms with van der Waals surface area (Å²) in [6.07, 6.45) is 29.0. The summed E-state index contributed by atoms with van der Waals surface area (Å²) in [5.74, 6) is -0.268. The summed E-state index contributed by atoms with van der Waals surface area (Å²) in [4.78, 5) is 23.6. The van der Waals surface area contributed by atoms with Crippen molar-refractivity contribution in [2.24, 2.45) is 0 Å². The van der Waals surface area contributed by atoms with Gasteiger partial charge in [0.05, 0.1) is 26.4 Å². The fourth-order valence-electron chi connectivity index (χ4n) is 4.76. The summed E-state index contributed by atoms with van der Waals surface area (Å²) in [5.41, 5.74) is 0. The van der Waals surface area contributed by atoms with Gasteiger partial charge in [-0.15, -0.1) is 0 Å². The lowest BCUT2D eigenvalue weighted by molar-refractivity contribution is -0.147. The Balaban J connectivity index is 3.23. The number of unbranched alkanes of at least 4 members (excludes halogenated alkanes) is 20. The van der Waals surface area contributed by atoms with E-state index in [2.05, 4.69) is 13.8 Å². The smallest absolute Gasteiger partial charge is 0.305 e. The fourth-order valence-corrected chi connectivity index (χ4v) is 4.76. The zero-order valence-electron chi connectivity index (χ0n) is 26.7. The molecule has 0 rings (SSSR count). The number of carbonyl (C=O) groups is 2. The summed E-state index contributed by atoms with van der Waals surface area (Å²) < 4.78 is 21.3. The van der Waals surface area contributed by atoms with Crippen LogP contribution in [0, 0.1) is 0 Å². The molecule has 0 aliphatic heterocycles. The van der Waals surface area contributed by atoms with Crippen LogP contribution >= 0.6 is 0 Å². The van der Waals surface area contributed by atoms with E-state index in [1.807, 2.05) is 0 Å². The minimum atomic E-state index is -0.136. The normalized spacial score (nSPS) is 11.2. The lowest BCUT2D eigenvalue weighted by atomic mass is 10.0. The Kier molecular flexibility index (Phi) is 33.1. The predicted octanol–water partition coefficient (Wildman–Crippen LogP) is 9.51. The second-order valence-corrected chi connectivity index (χ2v) is 11.2. The molecule has 6 heteroatoms. The zero-order chi connectivity index (χ0) is 29.2. The second-order valence-electron chi connectivity index (χ2n) is 11.2. The van der Waals surface area contributed by atoms with Crippen molar-refractivity contribution in [2.45, 2.75) is 168 Å². The Morgan fingerprint density at radius 2 is 0.600 bits per heavy atom. The Labute approximate surface area is 248 Å². The molecule has 0 aliphatic rings. The first-order valence-electron chi connectivity index (χ1n) is 17.2. The van der Waals surface area contributed by atoms with Crippen LogP contribution in [0.2, 0.25) is 0 Å². The highest BCUT2D eigenvalue weighted by atomic mass is 16.6. The number of hydrogen-bond acceptors (Lipinski definition) is 6. The third-order valence-electron chi connectivity index (χ3n) is 7.32. The van der Waals surface area contributed by atoms with Crippen LogP contribution in [-0.4, -0.2) is 51.6 Å². The van der Waals surface area contributed by atoms with Crippen LogP contribution in [0.3, 0.4) is 0 Å². The van der Waals surface area contributed by atoms with E-state index >= 15 is 0 Å². The molecular formula is C34H66O6. The first-order chi connectivity index (χ1) is 19.7. The van der Waals surface area contributed by atoms with Gasteiger partial charge >= 0.3 is 11.9 Å². The van der Waals surface area contributed by atoms with Gasteiger partial charge in [0.1, 0.15) is 13.2 Å². The number of carbonyl (C=O) groups excluding carboxylic acids is 2. The van der Waals surface area contributed by atoms with Gasteiger partial charge in [0.15, 0.2) is 0 Å². The van der Waals surface area contributed by atoms with Crippen molar-refractivity contribution >= 4 is 11.9 Å². The summed E-state index contributed by atoms with van der Waals surface area (Å²) in [6.45, 7) is 6.70. The molecule has 0 heterocycles. The van der Waals surface area contributed by atoms with E-state index in [1.165, 1.54) is 116 Å².